The van der Waals surface area contributed by atoms with Gasteiger partial charge in [-0.1, -0.05) is 79.9 Å². The van der Waals surface area contributed by atoms with Gasteiger partial charge in [-0.15, -0.1) is 0 Å². The predicted molar refractivity (Wildman–Crippen MR) is 309 cm³/mol. The van der Waals surface area contributed by atoms with E-state index in [0.29, 0.717) is 99.7 Å². The summed E-state index contributed by atoms with van der Waals surface area (Å²) in [5.41, 5.74) is 13.8. The van der Waals surface area contributed by atoms with E-state index in [1.807, 2.05) is 65.6 Å². The van der Waals surface area contributed by atoms with Gasteiger partial charge in [0.05, 0.1) is 55.9 Å². The van der Waals surface area contributed by atoms with Gasteiger partial charge in [-0.05, 0) is 147 Å². The van der Waals surface area contributed by atoms with Crippen molar-refractivity contribution in [3.05, 3.63) is 141 Å². The van der Waals surface area contributed by atoms with Gasteiger partial charge in [0.2, 0.25) is 0 Å². The molecular formula is C67H71F2N5O6. The normalized spacial score (nSPS) is 22.4. The van der Waals surface area contributed by atoms with Crippen LogP contribution in [0.3, 0.4) is 0 Å². The molecule has 0 N–H and O–H groups in total. The number of amides is 2. The van der Waals surface area contributed by atoms with Gasteiger partial charge in [0.15, 0.2) is 0 Å². The van der Waals surface area contributed by atoms with E-state index in [-0.39, 0.29) is 36.2 Å². The van der Waals surface area contributed by atoms with Crippen LogP contribution < -0.4 is 0 Å². The molecule has 2 unspecified atom stereocenters. The van der Waals surface area contributed by atoms with Crippen LogP contribution in [0.25, 0.3) is 56.5 Å². The number of likely N-dealkylation sites (tertiary alicyclic amines) is 2. The number of carbonyl (C=O) groups excluding carboxylic acids is 4. The molecule has 2 saturated heterocycles. The fraction of sp³-hybridized carbons (Fsp3) is 0.433. The number of rotatable bonds is 9. The van der Waals surface area contributed by atoms with Gasteiger partial charge < -0.3 is 33.3 Å². The summed E-state index contributed by atoms with van der Waals surface area (Å²) in [6.45, 7) is 3.84. The number of methoxy groups -OCH3 is 1. The van der Waals surface area contributed by atoms with E-state index in [2.05, 4.69) is 56.5 Å². The molecule has 13 rings (SSSR count). The van der Waals surface area contributed by atoms with E-state index >= 15 is 0 Å². The van der Waals surface area contributed by atoms with Crippen molar-refractivity contribution in [3.8, 4) is 22.5 Å². The maximum Gasteiger partial charge on any atom is 0.338 e. The Morgan fingerprint density at radius 1 is 0.575 bits per heavy atom. The van der Waals surface area contributed by atoms with Crippen molar-refractivity contribution in [2.45, 2.75) is 127 Å². The first-order valence-corrected chi connectivity index (χ1v) is 29.6. The van der Waals surface area contributed by atoms with Crippen LogP contribution in [0.1, 0.15) is 145 Å². The zero-order valence-electron chi connectivity index (χ0n) is 45.9. The highest BCUT2D eigenvalue weighted by Gasteiger charge is 2.36. The van der Waals surface area contributed by atoms with Crippen LogP contribution in [0.15, 0.2) is 108 Å². The Morgan fingerprint density at radius 2 is 1.14 bits per heavy atom. The molecule has 2 amide bonds. The highest BCUT2D eigenvalue weighted by molar-refractivity contribution is 6.05. The molecule has 5 aliphatic heterocycles. The van der Waals surface area contributed by atoms with Crippen molar-refractivity contribution in [3.63, 3.8) is 0 Å². The molecule has 7 heterocycles. The molecule has 4 fully saturated rings. The summed E-state index contributed by atoms with van der Waals surface area (Å²) in [4.78, 5) is 62.2. The predicted octanol–water partition coefficient (Wildman–Crippen LogP) is 13.2. The summed E-state index contributed by atoms with van der Waals surface area (Å²) in [6.07, 6.45) is 16.7. The van der Waals surface area contributed by atoms with Crippen LogP contribution in [0.2, 0.25) is 0 Å². The van der Waals surface area contributed by atoms with Crippen LogP contribution in [-0.4, -0.2) is 113 Å². The lowest BCUT2D eigenvalue weighted by atomic mass is 9.77. The number of benzene rings is 4. The monoisotopic (exact) mass is 1080 g/mol. The number of carbonyl (C=O) groups is 4. The van der Waals surface area contributed by atoms with E-state index in [1.165, 1.54) is 24.7 Å². The van der Waals surface area contributed by atoms with Crippen LogP contribution in [0, 0.1) is 5.92 Å². The zero-order valence-corrected chi connectivity index (χ0v) is 45.9. The van der Waals surface area contributed by atoms with E-state index in [9.17, 15) is 28.0 Å². The van der Waals surface area contributed by atoms with Gasteiger partial charge in [-0.2, -0.15) is 0 Å². The molecule has 13 heteroatoms. The zero-order chi connectivity index (χ0) is 54.6. The third-order valence-electron chi connectivity index (χ3n) is 18.8. The molecule has 2 atom stereocenters. The fourth-order valence-corrected chi connectivity index (χ4v) is 14.7. The Labute approximate surface area is 466 Å². The Morgan fingerprint density at radius 3 is 1.71 bits per heavy atom. The summed E-state index contributed by atoms with van der Waals surface area (Å²) in [6, 6.07) is 28.3. The van der Waals surface area contributed by atoms with Gasteiger partial charge >= 0.3 is 11.9 Å². The molecule has 2 aromatic heterocycles. The third kappa shape index (κ3) is 9.76. The summed E-state index contributed by atoms with van der Waals surface area (Å²) < 4.78 is 45.1. The minimum atomic E-state index is -1.03. The highest BCUT2D eigenvalue weighted by atomic mass is 19.1. The number of esters is 2. The first kappa shape index (κ1) is 52.1. The van der Waals surface area contributed by atoms with Crippen molar-refractivity contribution in [1.29, 1.82) is 0 Å². The highest BCUT2D eigenvalue weighted by Crippen LogP contribution is 2.49. The van der Waals surface area contributed by atoms with Crippen molar-refractivity contribution in [2.75, 3.05) is 53.0 Å². The lowest BCUT2D eigenvalue weighted by Gasteiger charge is -2.37. The number of ether oxygens (including phenoxy) is 2. The van der Waals surface area contributed by atoms with E-state index in [4.69, 9.17) is 9.47 Å². The van der Waals surface area contributed by atoms with Crippen LogP contribution in [-0.2, 0) is 32.2 Å². The van der Waals surface area contributed by atoms with Crippen LogP contribution in [0.4, 0.5) is 8.78 Å². The maximum atomic E-state index is 14.8. The van der Waals surface area contributed by atoms with Gasteiger partial charge in [-0.25, -0.2) is 18.4 Å². The number of nitrogens with zero attached hydrogens (tertiary/aromatic N) is 5. The minimum absolute atomic E-state index is 0.0322. The second-order valence-corrected chi connectivity index (χ2v) is 23.7. The summed E-state index contributed by atoms with van der Waals surface area (Å²) in [5, 5.41) is 2.15. The lowest BCUT2D eigenvalue weighted by molar-refractivity contribution is -0.129. The van der Waals surface area contributed by atoms with Crippen LogP contribution in [0.5, 0.6) is 0 Å². The number of piperidine rings is 2. The molecule has 6 aromatic rings. The Bertz CT molecular complexity index is 3540. The van der Waals surface area contributed by atoms with Crippen molar-refractivity contribution in [2.24, 2.45) is 5.92 Å². The first-order chi connectivity index (χ1) is 39.1. The number of halogens is 2. The molecule has 2 aliphatic carbocycles. The SMILES string of the molecule is COC(=O)c1ccc2c(C3CCC(COC(=O)c4ccc5c(C6CCCCC6)c6n(c5c4)CC(C(=O)N4CCCC(F)C4)=Cc4ccccc4-6)CC3)c3n(c2c1)CC(C(=O)N1CC=C(N2CCCC(F)C2)CC1)=Cc1ccccc1-3. The van der Waals surface area contributed by atoms with Crippen molar-refractivity contribution >= 4 is 57.7 Å². The van der Waals surface area contributed by atoms with E-state index in [0.717, 1.165) is 125 Å². The Hall–Kier alpha value is -7.28. The van der Waals surface area contributed by atoms with Gasteiger partial charge in [0, 0.05) is 88.9 Å². The fourth-order valence-electron chi connectivity index (χ4n) is 14.7. The Balaban J connectivity index is 0.760. The number of alkyl halides is 2. The van der Waals surface area contributed by atoms with Gasteiger partial charge in [0.25, 0.3) is 11.8 Å². The molecule has 4 aromatic carbocycles. The molecule has 80 heavy (non-hydrogen) atoms. The molecule has 0 spiro atoms. The smallest absolute Gasteiger partial charge is 0.338 e. The number of hydrogen-bond acceptors (Lipinski definition) is 7. The van der Waals surface area contributed by atoms with E-state index < -0.39 is 18.3 Å². The van der Waals surface area contributed by atoms with Crippen molar-refractivity contribution in [1.82, 2.24) is 23.8 Å². The average molecular weight is 1080 g/mol. The summed E-state index contributed by atoms with van der Waals surface area (Å²) in [7, 11) is 1.39. The number of fused-ring (bicyclic) bond motifs is 10. The molecule has 0 bridgehead atoms. The molecule has 7 aliphatic rings. The molecule has 0 radical (unpaired) electrons. The molecule has 414 valence electrons. The summed E-state index contributed by atoms with van der Waals surface area (Å²) >= 11 is 0. The lowest BCUT2D eigenvalue weighted by Crippen LogP contribution is -2.41. The minimum Gasteiger partial charge on any atom is -0.465 e. The topological polar surface area (TPSA) is 106 Å². The molecule has 11 nitrogen and oxygen atoms in total. The molecular weight excluding hydrogens is 1010 g/mol. The quantitative estimate of drug-likeness (QED) is 0.133. The largest absolute Gasteiger partial charge is 0.465 e. The summed E-state index contributed by atoms with van der Waals surface area (Å²) in [5.74, 6) is -0.304. The number of hydrogen-bond donors (Lipinski definition) is 0. The first-order valence-electron chi connectivity index (χ1n) is 29.6. The number of aromatic nitrogens is 2. The second-order valence-electron chi connectivity index (χ2n) is 23.7. The van der Waals surface area contributed by atoms with Crippen LogP contribution >= 0.6 is 0 Å². The van der Waals surface area contributed by atoms with Gasteiger partial charge in [0.1, 0.15) is 12.3 Å². The van der Waals surface area contributed by atoms with E-state index in [1.54, 1.807) is 4.90 Å². The van der Waals surface area contributed by atoms with Gasteiger partial charge in [-0.3, -0.25) is 9.59 Å². The van der Waals surface area contributed by atoms with Crippen molar-refractivity contribution < 1.29 is 37.4 Å². The second kappa shape index (κ2) is 22.0. The Kier molecular flexibility index (Phi) is 14.3. The standard InChI is InChI=1S/C67H71F2N5O6/c1-79-66(77)47-23-25-57-58(35-47)73-37-49(64(75)70-31-27-53(28-32-70)71-29-9-15-51(68)39-71)33-45-13-5-8-18-55(45)63(73)61(57)44-21-19-42(20-22-44)41-80-67(78)48-24-26-56-59(36-48)74-38-50(65(76)72-30-10-16-52(69)40-72)34-46-14-6-7-17-54(46)62(74)60(56)43-11-3-2-4-12-43/h5-8,13-14,17-18,23-27,33-36,42-44,51-52H,2-4,9-12,15-16,19-22,28-32,37-41H2,1H3. The molecule has 2 saturated carbocycles. The maximum absolute atomic E-state index is 14.8. The third-order valence-corrected chi connectivity index (χ3v) is 18.8. The average Bonchev–Trinajstić information content (AvgIpc) is 3.88.